The van der Waals surface area contributed by atoms with Crippen LogP contribution in [0.2, 0.25) is 0 Å². The average molecular weight is 303 g/mol. The maximum Gasteiger partial charge on any atom is 0.232 e. The van der Waals surface area contributed by atoms with Crippen molar-refractivity contribution in [3.8, 4) is 0 Å². The molecular formula is C18H19F2NO. The second-order valence-corrected chi connectivity index (χ2v) is 6.22. The SMILES string of the molecule is CC(C)(C)C(=O)N(Cc1ccccc1)c1ccc(F)cc1F. The lowest BCUT2D eigenvalue weighted by atomic mass is 9.94. The van der Waals surface area contributed by atoms with E-state index in [-0.39, 0.29) is 18.1 Å². The number of carbonyl (C=O) groups is 1. The molecule has 0 aliphatic carbocycles. The third-order valence-electron chi connectivity index (χ3n) is 3.27. The average Bonchev–Trinajstić information content (AvgIpc) is 2.45. The molecule has 2 nitrogen and oxygen atoms in total. The largest absolute Gasteiger partial charge is 0.305 e. The predicted octanol–water partition coefficient (Wildman–Crippen LogP) is 4.54. The summed E-state index contributed by atoms with van der Waals surface area (Å²) in [6.45, 7) is 5.55. The molecule has 2 aromatic rings. The van der Waals surface area contributed by atoms with Gasteiger partial charge in [0.15, 0.2) is 0 Å². The summed E-state index contributed by atoms with van der Waals surface area (Å²) in [5.41, 5.74) is 0.296. The van der Waals surface area contributed by atoms with Crippen LogP contribution in [0.15, 0.2) is 48.5 Å². The maximum atomic E-state index is 14.1. The van der Waals surface area contributed by atoms with E-state index in [1.54, 1.807) is 20.8 Å². The molecule has 0 bridgehead atoms. The second-order valence-electron chi connectivity index (χ2n) is 6.22. The molecule has 0 aliphatic rings. The molecule has 0 heterocycles. The van der Waals surface area contributed by atoms with E-state index in [4.69, 9.17) is 0 Å². The summed E-state index contributed by atoms with van der Waals surface area (Å²) in [5.74, 6) is -1.63. The summed E-state index contributed by atoms with van der Waals surface area (Å²) in [7, 11) is 0. The zero-order valence-corrected chi connectivity index (χ0v) is 12.9. The highest BCUT2D eigenvalue weighted by atomic mass is 19.1. The minimum atomic E-state index is -0.742. The molecule has 22 heavy (non-hydrogen) atoms. The van der Waals surface area contributed by atoms with E-state index in [0.717, 1.165) is 17.7 Å². The molecule has 0 unspecified atom stereocenters. The Bertz CT molecular complexity index is 663. The number of hydrogen-bond acceptors (Lipinski definition) is 1. The van der Waals surface area contributed by atoms with Crippen molar-refractivity contribution < 1.29 is 13.6 Å². The molecule has 0 atom stereocenters. The van der Waals surface area contributed by atoms with Crippen molar-refractivity contribution in [3.63, 3.8) is 0 Å². The summed E-state index contributed by atoms with van der Waals surface area (Å²) in [5, 5.41) is 0. The maximum absolute atomic E-state index is 14.1. The van der Waals surface area contributed by atoms with Gasteiger partial charge in [-0.15, -0.1) is 0 Å². The van der Waals surface area contributed by atoms with E-state index in [1.165, 1.54) is 11.0 Å². The Hall–Kier alpha value is -2.23. The Balaban J connectivity index is 2.43. The fourth-order valence-electron chi connectivity index (χ4n) is 2.14. The predicted molar refractivity (Wildman–Crippen MR) is 83.4 cm³/mol. The molecule has 0 radical (unpaired) electrons. The van der Waals surface area contributed by atoms with E-state index >= 15 is 0 Å². The van der Waals surface area contributed by atoms with Crippen LogP contribution in [-0.4, -0.2) is 5.91 Å². The molecular weight excluding hydrogens is 284 g/mol. The van der Waals surface area contributed by atoms with E-state index < -0.39 is 17.0 Å². The summed E-state index contributed by atoms with van der Waals surface area (Å²) >= 11 is 0. The van der Waals surface area contributed by atoms with Crippen LogP contribution >= 0.6 is 0 Å². The summed E-state index contributed by atoms with van der Waals surface area (Å²) in [6.07, 6.45) is 0. The van der Waals surface area contributed by atoms with Crippen molar-refractivity contribution >= 4 is 11.6 Å². The molecule has 0 N–H and O–H groups in total. The second kappa shape index (κ2) is 6.26. The zero-order valence-electron chi connectivity index (χ0n) is 12.9. The van der Waals surface area contributed by atoms with Gasteiger partial charge in [-0.2, -0.15) is 0 Å². The van der Waals surface area contributed by atoms with Gasteiger partial charge in [-0.1, -0.05) is 51.1 Å². The minimum absolute atomic E-state index is 0.0881. The smallest absolute Gasteiger partial charge is 0.232 e. The number of carbonyl (C=O) groups excluding carboxylic acids is 1. The van der Waals surface area contributed by atoms with E-state index in [9.17, 15) is 13.6 Å². The molecule has 0 saturated carbocycles. The van der Waals surface area contributed by atoms with Crippen LogP contribution in [0.4, 0.5) is 14.5 Å². The van der Waals surface area contributed by atoms with Crippen molar-refractivity contribution in [2.75, 3.05) is 4.90 Å². The van der Waals surface area contributed by atoms with Crippen LogP contribution in [0.3, 0.4) is 0 Å². The minimum Gasteiger partial charge on any atom is -0.305 e. The van der Waals surface area contributed by atoms with Crippen LogP contribution in [0.5, 0.6) is 0 Å². The summed E-state index contributed by atoms with van der Waals surface area (Å²) in [4.78, 5) is 14.0. The third kappa shape index (κ3) is 3.70. The van der Waals surface area contributed by atoms with Gasteiger partial charge in [0, 0.05) is 11.5 Å². The fraction of sp³-hybridized carbons (Fsp3) is 0.278. The number of anilines is 1. The Morgan fingerprint density at radius 2 is 1.68 bits per heavy atom. The van der Waals surface area contributed by atoms with Crippen LogP contribution in [0.25, 0.3) is 0 Å². The fourth-order valence-corrected chi connectivity index (χ4v) is 2.14. The quantitative estimate of drug-likeness (QED) is 0.815. The molecule has 0 saturated heterocycles. The Kier molecular flexibility index (Phi) is 4.59. The highest BCUT2D eigenvalue weighted by Crippen LogP contribution is 2.27. The van der Waals surface area contributed by atoms with Crippen LogP contribution < -0.4 is 4.90 Å². The first-order chi connectivity index (χ1) is 10.3. The Morgan fingerprint density at radius 3 is 2.23 bits per heavy atom. The topological polar surface area (TPSA) is 20.3 Å². The summed E-state index contributed by atoms with van der Waals surface area (Å²) in [6, 6.07) is 12.6. The zero-order chi connectivity index (χ0) is 16.3. The number of hydrogen-bond donors (Lipinski definition) is 0. The first kappa shape index (κ1) is 16.1. The highest BCUT2D eigenvalue weighted by molar-refractivity contribution is 5.96. The first-order valence-corrected chi connectivity index (χ1v) is 7.10. The molecule has 1 amide bonds. The first-order valence-electron chi connectivity index (χ1n) is 7.10. The molecule has 4 heteroatoms. The van der Waals surface area contributed by atoms with Crippen LogP contribution in [0, 0.1) is 17.0 Å². The van der Waals surface area contributed by atoms with Gasteiger partial charge in [-0.3, -0.25) is 4.79 Å². The third-order valence-corrected chi connectivity index (χ3v) is 3.27. The Labute approximate surface area is 129 Å². The van der Waals surface area contributed by atoms with Crippen molar-refractivity contribution in [1.82, 2.24) is 0 Å². The van der Waals surface area contributed by atoms with Gasteiger partial charge in [0.05, 0.1) is 12.2 Å². The Morgan fingerprint density at radius 1 is 1.05 bits per heavy atom. The number of benzene rings is 2. The standard InChI is InChI=1S/C18H19F2NO/c1-18(2,3)17(22)21(12-13-7-5-4-6-8-13)16-10-9-14(19)11-15(16)20/h4-11H,12H2,1-3H3. The molecule has 116 valence electrons. The number of rotatable bonds is 3. The van der Waals surface area contributed by atoms with Gasteiger partial charge in [0.1, 0.15) is 11.6 Å². The van der Waals surface area contributed by atoms with Crippen molar-refractivity contribution in [2.45, 2.75) is 27.3 Å². The number of nitrogens with zero attached hydrogens (tertiary/aromatic N) is 1. The van der Waals surface area contributed by atoms with Crippen LogP contribution in [0.1, 0.15) is 26.3 Å². The lowest BCUT2D eigenvalue weighted by Crippen LogP contribution is -2.39. The number of halogens is 2. The molecule has 2 rings (SSSR count). The lowest BCUT2D eigenvalue weighted by Gasteiger charge is -2.30. The molecule has 0 fully saturated rings. The van der Waals surface area contributed by atoms with E-state index in [0.29, 0.717) is 0 Å². The van der Waals surface area contributed by atoms with Gasteiger partial charge >= 0.3 is 0 Å². The molecule has 0 aliphatic heterocycles. The molecule has 0 spiro atoms. The highest BCUT2D eigenvalue weighted by Gasteiger charge is 2.29. The van der Waals surface area contributed by atoms with Gasteiger partial charge in [0.2, 0.25) is 5.91 Å². The lowest BCUT2D eigenvalue weighted by molar-refractivity contribution is -0.126. The van der Waals surface area contributed by atoms with Crippen LogP contribution in [-0.2, 0) is 11.3 Å². The van der Waals surface area contributed by atoms with E-state index in [1.807, 2.05) is 30.3 Å². The van der Waals surface area contributed by atoms with E-state index in [2.05, 4.69) is 0 Å². The van der Waals surface area contributed by atoms with Gasteiger partial charge < -0.3 is 4.90 Å². The van der Waals surface area contributed by atoms with Crippen molar-refractivity contribution in [1.29, 1.82) is 0 Å². The molecule has 2 aromatic carbocycles. The van der Waals surface area contributed by atoms with Crippen molar-refractivity contribution in [3.05, 3.63) is 65.7 Å². The van der Waals surface area contributed by atoms with Gasteiger partial charge in [-0.25, -0.2) is 8.78 Å². The normalized spacial score (nSPS) is 11.3. The summed E-state index contributed by atoms with van der Waals surface area (Å²) < 4.78 is 27.2. The number of amides is 1. The van der Waals surface area contributed by atoms with Crippen molar-refractivity contribution in [2.24, 2.45) is 5.41 Å². The monoisotopic (exact) mass is 303 g/mol. The van der Waals surface area contributed by atoms with Gasteiger partial charge in [-0.05, 0) is 17.7 Å². The molecule has 0 aromatic heterocycles. The van der Waals surface area contributed by atoms with Gasteiger partial charge in [0.25, 0.3) is 0 Å².